The van der Waals surface area contributed by atoms with E-state index >= 15 is 0 Å². The molecule has 0 amide bonds. The average molecular weight is 416 g/mol. The summed E-state index contributed by atoms with van der Waals surface area (Å²) < 4.78 is 5.43. The molecular weight excluding hydrogens is 390 g/mol. The van der Waals surface area contributed by atoms with Gasteiger partial charge >= 0.3 is 0 Å². The minimum absolute atomic E-state index is 0.525. The number of nitrogens with one attached hydrogen (secondary N) is 1. The minimum atomic E-state index is 0.525. The van der Waals surface area contributed by atoms with Gasteiger partial charge in [-0.25, -0.2) is 20.0 Å². The summed E-state index contributed by atoms with van der Waals surface area (Å²) in [7, 11) is 0. The molecule has 0 bridgehead atoms. The molecule has 8 nitrogen and oxygen atoms in total. The van der Waals surface area contributed by atoms with Crippen LogP contribution in [0.2, 0.25) is 0 Å². The number of anilines is 2. The molecule has 0 saturated carbocycles. The molecule has 1 aliphatic heterocycles. The molecule has 1 aliphatic rings. The van der Waals surface area contributed by atoms with Crippen molar-refractivity contribution < 1.29 is 4.74 Å². The molecule has 4 rings (SSSR count). The topological polar surface area (TPSA) is 87.9 Å². The summed E-state index contributed by atoms with van der Waals surface area (Å²) in [5, 5.41) is 3.19. The molecule has 2 aromatic heterocycles. The normalized spacial score (nSPS) is 14.8. The first-order valence-corrected chi connectivity index (χ1v) is 10.2. The molecule has 31 heavy (non-hydrogen) atoms. The maximum atomic E-state index is 5.43. The van der Waals surface area contributed by atoms with Crippen LogP contribution in [-0.4, -0.2) is 58.3 Å². The summed E-state index contributed by atoms with van der Waals surface area (Å²) in [5.74, 6) is 1.23. The Morgan fingerprint density at radius 2 is 1.87 bits per heavy atom. The summed E-state index contributed by atoms with van der Waals surface area (Å²) in [5.41, 5.74) is 4.46. The smallest absolute Gasteiger partial charge is 0.227 e. The van der Waals surface area contributed by atoms with Crippen molar-refractivity contribution >= 4 is 29.5 Å². The number of benzene rings is 1. The maximum absolute atomic E-state index is 5.43. The third-order valence-corrected chi connectivity index (χ3v) is 4.75. The SMILES string of the molecule is C/C=N\C(=Nc1ccc(-c2ccnc(Nc3ccc(C)nc3)n2)cc1)N1CCOCC1. The third-order valence-electron chi connectivity index (χ3n) is 4.75. The van der Waals surface area contributed by atoms with Crippen molar-refractivity contribution in [2.75, 3.05) is 31.6 Å². The van der Waals surface area contributed by atoms with E-state index < -0.39 is 0 Å². The predicted molar refractivity (Wildman–Crippen MR) is 123 cm³/mol. The van der Waals surface area contributed by atoms with Crippen LogP contribution in [0.3, 0.4) is 0 Å². The van der Waals surface area contributed by atoms with Crippen LogP contribution in [-0.2, 0) is 4.74 Å². The van der Waals surface area contributed by atoms with E-state index in [2.05, 4.69) is 30.2 Å². The molecule has 1 saturated heterocycles. The molecule has 3 aromatic rings. The first kappa shape index (κ1) is 20.6. The summed E-state index contributed by atoms with van der Waals surface area (Å²) in [4.78, 5) is 24.5. The Hall–Kier alpha value is -3.65. The second kappa shape index (κ2) is 9.90. The number of pyridine rings is 1. The van der Waals surface area contributed by atoms with E-state index in [-0.39, 0.29) is 0 Å². The van der Waals surface area contributed by atoms with E-state index in [0.717, 1.165) is 41.4 Å². The van der Waals surface area contributed by atoms with E-state index in [1.807, 2.05) is 56.3 Å². The van der Waals surface area contributed by atoms with Gasteiger partial charge in [-0.15, -0.1) is 0 Å². The largest absolute Gasteiger partial charge is 0.378 e. The van der Waals surface area contributed by atoms with Gasteiger partial charge in [-0.2, -0.15) is 0 Å². The highest BCUT2D eigenvalue weighted by Crippen LogP contribution is 2.23. The van der Waals surface area contributed by atoms with Gasteiger partial charge in [-0.3, -0.25) is 4.98 Å². The van der Waals surface area contributed by atoms with Gasteiger partial charge in [-0.1, -0.05) is 12.1 Å². The second-order valence-electron chi connectivity index (χ2n) is 7.02. The fraction of sp³-hybridized carbons (Fsp3) is 0.261. The van der Waals surface area contributed by atoms with Crippen molar-refractivity contribution in [1.29, 1.82) is 0 Å². The number of aromatic nitrogens is 3. The summed E-state index contributed by atoms with van der Waals surface area (Å²) in [6.07, 6.45) is 5.27. The van der Waals surface area contributed by atoms with Gasteiger partial charge < -0.3 is 15.0 Å². The summed E-state index contributed by atoms with van der Waals surface area (Å²) in [6, 6.07) is 13.7. The maximum Gasteiger partial charge on any atom is 0.227 e. The Morgan fingerprint density at radius 1 is 1.06 bits per heavy atom. The van der Waals surface area contributed by atoms with Crippen LogP contribution in [0.1, 0.15) is 12.6 Å². The predicted octanol–water partition coefficient (Wildman–Crippen LogP) is 4.00. The van der Waals surface area contributed by atoms with Gasteiger partial charge in [-0.05, 0) is 44.2 Å². The van der Waals surface area contributed by atoms with Crippen LogP contribution in [0.25, 0.3) is 11.3 Å². The number of nitrogens with zero attached hydrogens (tertiary/aromatic N) is 6. The third kappa shape index (κ3) is 5.49. The number of hydrogen-bond acceptors (Lipinski definition) is 6. The highest BCUT2D eigenvalue weighted by molar-refractivity contribution is 5.89. The van der Waals surface area contributed by atoms with Crippen molar-refractivity contribution in [1.82, 2.24) is 19.9 Å². The zero-order chi connectivity index (χ0) is 21.5. The van der Waals surface area contributed by atoms with Crippen LogP contribution in [0.4, 0.5) is 17.3 Å². The molecule has 0 atom stereocenters. The van der Waals surface area contributed by atoms with Gasteiger partial charge in [0.2, 0.25) is 11.9 Å². The number of aryl methyl sites for hydroxylation is 1. The number of guanidine groups is 1. The quantitative estimate of drug-likeness (QED) is 0.512. The molecule has 0 aliphatic carbocycles. The number of ether oxygens (including phenoxy) is 1. The van der Waals surface area contributed by atoms with Crippen LogP contribution in [0.5, 0.6) is 0 Å². The Kier molecular flexibility index (Phi) is 6.59. The number of rotatable bonds is 4. The zero-order valence-corrected chi connectivity index (χ0v) is 17.7. The van der Waals surface area contributed by atoms with Crippen LogP contribution < -0.4 is 5.32 Å². The molecule has 0 radical (unpaired) electrons. The van der Waals surface area contributed by atoms with Crippen molar-refractivity contribution in [3.05, 3.63) is 60.6 Å². The highest BCUT2D eigenvalue weighted by atomic mass is 16.5. The van der Waals surface area contributed by atoms with Crippen LogP contribution >= 0.6 is 0 Å². The molecule has 3 heterocycles. The monoisotopic (exact) mass is 415 g/mol. The zero-order valence-electron chi connectivity index (χ0n) is 17.7. The highest BCUT2D eigenvalue weighted by Gasteiger charge is 2.14. The molecule has 158 valence electrons. The van der Waals surface area contributed by atoms with Gasteiger partial charge in [0.1, 0.15) is 0 Å². The summed E-state index contributed by atoms with van der Waals surface area (Å²) >= 11 is 0. The number of aliphatic imine (C=N–C) groups is 2. The average Bonchev–Trinajstić information content (AvgIpc) is 2.82. The van der Waals surface area contributed by atoms with Crippen LogP contribution in [0.15, 0.2) is 64.8 Å². The van der Waals surface area contributed by atoms with E-state index in [1.54, 1.807) is 18.6 Å². The fourth-order valence-corrected chi connectivity index (χ4v) is 3.13. The number of hydrogen-bond donors (Lipinski definition) is 1. The van der Waals surface area contributed by atoms with Gasteiger partial charge in [0.05, 0.1) is 36.5 Å². The molecular formula is C23H25N7O. The lowest BCUT2D eigenvalue weighted by Crippen LogP contribution is -2.39. The molecule has 1 aromatic carbocycles. The molecule has 1 fully saturated rings. The van der Waals surface area contributed by atoms with E-state index in [1.165, 1.54) is 0 Å². The summed E-state index contributed by atoms with van der Waals surface area (Å²) in [6.45, 7) is 6.82. The van der Waals surface area contributed by atoms with Crippen molar-refractivity contribution in [2.45, 2.75) is 13.8 Å². The first-order chi connectivity index (χ1) is 15.2. The molecule has 0 spiro atoms. The van der Waals surface area contributed by atoms with Gasteiger partial charge in [0, 0.05) is 36.8 Å². The Labute approximate surface area is 181 Å². The van der Waals surface area contributed by atoms with Gasteiger partial charge in [0.25, 0.3) is 0 Å². The molecule has 1 N–H and O–H groups in total. The fourth-order valence-electron chi connectivity index (χ4n) is 3.13. The van der Waals surface area contributed by atoms with Gasteiger partial charge in [0.15, 0.2) is 0 Å². The Balaban J connectivity index is 1.51. The van der Waals surface area contributed by atoms with E-state index in [9.17, 15) is 0 Å². The Morgan fingerprint density at radius 3 is 2.58 bits per heavy atom. The minimum Gasteiger partial charge on any atom is -0.378 e. The molecule has 0 unspecified atom stereocenters. The number of morpholine rings is 1. The van der Waals surface area contributed by atoms with Crippen LogP contribution in [0, 0.1) is 6.92 Å². The second-order valence-corrected chi connectivity index (χ2v) is 7.02. The first-order valence-electron chi connectivity index (χ1n) is 10.2. The van der Waals surface area contributed by atoms with Crippen molar-refractivity contribution in [3.63, 3.8) is 0 Å². The molecule has 8 heteroatoms. The Bertz CT molecular complexity index is 1060. The lowest BCUT2D eigenvalue weighted by molar-refractivity contribution is 0.0676. The standard InChI is InChI=1S/C23H25N7O/c1-3-24-23(30-12-14-31-15-13-30)28-19-8-5-18(6-9-19)21-10-11-25-22(29-21)27-20-7-4-17(2)26-16-20/h3-11,16H,12-15H2,1-2H3,(H,25,27,29)/b24-3-,28-23?. The lowest BCUT2D eigenvalue weighted by atomic mass is 10.1. The van der Waals surface area contributed by atoms with E-state index in [0.29, 0.717) is 25.1 Å². The van der Waals surface area contributed by atoms with Crippen molar-refractivity contribution in [3.8, 4) is 11.3 Å². The van der Waals surface area contributed by atoms with E-state index in [4.69, 9.17) is 9.73 Å². The lowest BCUT2D eigenvalue weighted by Gasteiger charge is -2.27. The van der Waals surface area contributed by atoms with Crippen molar-refractivity contribution in [2.24, 2.45) is 9.98 Å².